The molecule has 0 spiro atoms. The third-order valence-corrected chi connectivity index (χ3v) is 3.45. The van der Waals surface area contributed by atoms with Gasteiger partial charge in [-0.3, -0.25) is 19.9 Å². The molecule has 0 fully saturated rings. The highest BCUT2D eigenvalue weighted by atomic mass is 16.6. The summed E-state index contributed by atoms with van der Waals surface area (Å²) < 4.78 is 0. The molecule has 0 bridgehead atoms. The second kappa shape index (κ2) is 6.14. The van der Waals surface area contributed by atoms with Gasteiger partial charge in [0.25, 0.3) is 11.6 Å². The first-order valence-corrected chi connectivity index (χ1v) is 6.94. The number of anilines is 1. The van der Waals surface area contributed by atoms with Crippen LogP contribution in [-0.4, -0.2) is 15.8 Å². The second-order valence-electron chi connectivity index (χ2n) is 4.94. The molecule has 24 heavy (non-hydrogen) atoms. The van der Waals surface area contributed by atoms with Crippen molar-refractivity contribution in [1.29, 1.82) is 5.26 Å². The number of nitro groups is 1. The Hall–Kier alpha value is -3.79. The lowest BCUT2D eigenvalue weighted by molar-refractivity contribution is -0.385. The minimum absolute atomic E-state index is 0.116. The lowest BCUT2D eigenvalue weighted by Gasteiger charge is -2.08. The Labute approximate surface area is 136 Å². The molecule has 2 aromatic carbocycles. The molecule has 1 aromatic heterocycles. The summed E-state index contributed by atoms with van der Waals surface area (Å²) in [6, 6.07) is 14.4. The van der Waals surface area contributed by atoms with Crippen LogP contribution >= 0.6 is 0 Å². The van der Waals surface area contributed by atoms with Gasteiger partial charge >= 0.3 is 0 Å². The van der Waals surface area contributed by atoms with Gasteiger partial charge in [-0.25, -0.2) is 0 Å². The van der Waals surface area contributed by atoms with E-state index in [2.05, 4.69) is 10.3 Å². The molecule has 0 aliphatic heterocycles. The zero-order chi connectivity index (χ0) is 17.1. The van der Waals surface area contributed by atoms with E-state index in [-0.39, 0.29) is 11.1 Å². The van der Waals surface area contributed by atoms with Gasteiger partial charge in [-0.1, -0.05) is 18.2 Å². The Balaban J connectivity index is 2.01. The van der Waals surface area contributed by atoms with Crippen LogP contribution in [0.2, 0.25) is 0 Å². The smallest absolute Gasteiger partial charge is 0.283 e. The van der Waals surface area contributed by atoms with Crippen molar-refractivity contribution < 1.29 is 9.72 Å². The summed E-state index contributed by atoms with van der Waals surface area (Å²) in [7, 11) is 0. The van der Waals surface area contributed by atoms with Crippen LogP contribution in [0.4, 0.5) is 11.4 Å². The number of nitrogens with zero attached hydrogens (tertiary/aromatic N) is 3. The van der Waals surface area contributed by atoms with Gasteiger partial charge in [0, 0.05) is 17.6 Å². The van der Waals surface area contributed by atoms with Crippen molar-refractivity contribution in [2.45, 2.75) is 0 Å². The quantitative estimate of drug-likeness (QED) is 0.589. The predicted octanol–water partition coefficient (Wildman–Crippen LogP) is 3.27. The SMILES string of the molecule is N#Cc1ccc(C(=O)Nc2cccc3cccnc23)c([N+](=O)[O-])c1. The number of hydrogen-bond donors (Lipinski definition) is 1. The molecule has 1 N–H and O–H groups in total. The van der Waals surface area contributed by atoms with Gasteiger partial charge in [-0.2, -0.15) is 5.26 Å². The normalized spacial score (nSPS) is 10.1. The second-order valence-corrected chi connectivity index (χ2v) is 4.94. The number of carbonyl (C=O) groups is 1. The molecule has 0 unspecified atom stereocenters. The maximum atomic E-state index is 12.5. The van der Waals surface area contributed by atoms with Gasteiger partial charge in [0.05, 0.1) is 27.8 Å². The van der Waals surface area contributed by atoms with Crippen LogP contribution in [0.3, 0.4) is 0 Å². The first-order chi connectivity index (χ1) is 11.6. The maximum Gasteiger partial charge on any atom is 0.283 e. The van der Waals surface area contributed by atoms with Crippen LogP contribution in [0, 0.1) is 21.4 Å². The third kappa shape index (κ3) is 2.76. The van der Waals surface area contributed by atoms with E-state index in [1.807, 2.05) is 18.2 Å². The number of para-hydroxylation sites is 1. The Kier molecular flexibility index (Phi) is 3.87. The van der Waals surface area contributed by atoms with Crippen molar-refractivity contribution in [3.63, 3.8) is 0 Å². The van der Waals surface area contributed by atoms with Gasteiger partial charge in [0.1, 0.15) is 5.56 Å². The summed E-state index contributed by atoms with van der Waals surface area (Å²) in [5.74, 6) is -0.635. The van der Waals surface area contributed by atoms with E-state index >= 15 is 0 Å². The molecular formula is C17H10N4O3. The van der Waals surface area contributed by atoms with Crippen molar-refractivity contribution in [2.75, 3.05) is 5.32 Å². The maximum absolute atomic E-state index is 12.5. The number of nitrogens with one attached hydrogen (secondary N) is 1. The number of nitro benzene ring substituents is 1. The third-order valence-electron chi connectivity index (χ3n) is 3.45. The molecule has 0 saturated carbocycles. The molecule has 0 aliphatic carbocycles. The van der Waals surface area contributed by atoms with E-state index in [0.717, 1.165) is 11.5 Å². The highest BCUT2D eigenvalue weighted by Crippen LogP contribution is 2.24. The van der Waals surface area contributed by atoms with Gasteiger partial charge in [0.15, 0.2) is 0 Å². The molecule has 3 rings (SSSR count). The van der Waals surface area contributed by atoms with E-state index in [1.165, 1.54) is 12.1 Å². The number of carbonyl (C=O) groups excluding carboxylic acids is 1. The summed E-state index contributed by atoms with van der Waals surface area (Å²) in [4.78, 5) is 27.2. The molecule has 0 aliphatic rings. The van der Waals surface area contributed by atoms with Crippen LogP contribution in [0.25, 0.3) is 10.9 Å². The Morgan fingerprint density at radius 3 is 2.75 bits per heavy atom. The number of pyridine rings is 1. The minimum atomic E-state index is -0.683. The number of nitriles is 1. The first kappa shape index (κ1) is 15.1. The molecule has 7 heteroatoms. The van der Waals surface area contributed by atoms with Gasteiger partial charge in [0.2, 0.25) is 0 Å². The Bertz CT molecular complexity index is 1000. The Morgan fingerprint density at radius 1 is 1.21 bits per heavy atom. The van der Waals surface area contributed by atoms with Crippen LogP contribution in [0.1, 0.15) is 15.9 Å². The summed E-state index contributed by atoms with van der Waals surface area (Å²) in [6.07, 6.45) is 1.60. The Morgan fingerprint density at radius 2 is 2.00 bits per heavy atom. The highest BCUT2D eigenvalue weighted by Gasteiger charge is 2.21. The molecular weight excluding hydrogens is 308 g/mol. The lowest BCUT2D eigenvalue weighted by atomic mass is 10.1. The first-order valence-electron chi connectivity index (χ1n) is 6.94. The predicted molar refractivity (Wildman–Crippen MR) is 87.5 cm³/mol. The lowest BCUT2D eigenvalue weighted by Crippen LogP contribution is -2.14. The molecule has 3 aromatic rings. The van der Waals surface area contributed by atoms with Gasteiger partial charge < -0.3 is 5.32 Å². The number of benzene rings is 2. The zero-order valence-electron chi connectivity index (χ0n) is 12.3. The largest absolute Gasteiger partial charge is 0.320 e. The fraction of sp³-hybridized carbons (Fsp3) is 0. The zero-order valence-corrected chi connectivity index (χ0v) is 12.3. The number of rotatable bonds is 3. The van der Waals surface area contributed by atoms with Crippen LogP contribution < -0.4 is 5.32 Å². The molecule has 7 nitrogen and oxygen atoms in total. The van der Waals surface area contributed by atoms with Crippen LogP contribution in [0.5, 0.6) is 0 Å². The van der Waals surface area contributed by atoms with Crippen molar-refractivity contribution in [2.24, 2.45) is 0 Å². The van der Waals surface area contributed by atoms with E-state index in [1.54, 1.807) is 24.4 Å². The highest BCUT2D eigenvalue weighted by molar-refractivity contribution is 6.10. The van der Waals surface area contributed by atoms with Gasteiger partial charge in [-0.05, 0) is 24.3 Å². The average molecular weight is 318 g/mol. The van der Waals surface area contributed by atoms with E-state index < -0.39 is 16.5 Å². The monoisotopic (exact) mass is 318 g/mol. The topological polar surface area (TPSA) is 109 Å². The molecule has 1 heterocycles. The fourth-order valence-electron chi connectivity index (χ4n) is 2.34. The van der Waals surface area contributed by atoms with E-state index in [0.29, 0.717) is 11.2 Å². The number of aromatic nitrogens is 1. The van der Waals surface area contributed by atoms with Gasteiger partial charge in [-0.15, -0.1) is 0 Å². The van der Waals surface area contributed by atoms with Crippen molar-refractivity contribution >= 4 is 28.2 Å². The van der Waals surface area contributed by atoms with E-state index in [9.17, 15) is 14.9 Å². The average Bonchev–Trinajstić information content (AvgIpc) is 2.61. The summed E-state index contributed by atoms with van der Waals surface area (Å²) >= 11 is 0. The summed E-state index contributed by atoms with van der Waals surface area (Å²) in [5.41, 5.74) is 0.623. The van der Waals surface area contributed by atoms with E-state index in [4.69, 9.17) is 5.26 Å². The molecule has 0 radical (unpaired) electrons. The molecule has 0 saturated heterocycles. The summed E-state index contributed by atoms with van der Waals surface area (Å²) in [6.45, 7) is 0. The number of hydrogen-bond acceptors (Lipinski definition) is 5. The number of fused-ring (bicyclic) bond motifs is 1. The van der Waals surface area contributed by atoms with Crippen molar-refractivity contribution in [1.82, 2.24) is 4.98 Å². The molecule has 116 valence electrons. The van der Waals surface area contributed by atoms with Crippen LogP contribution in [0.15, 0.2) is 54.7 Å². The summed E-state index contributed by atoms with van der Waals surface area (Å²) in [5, 5.41) is 23.5. The minimum Gasteiger partial charge on any atom is -0.320 e. The van der Waals surface area contributed by atoms with Crippen molar-refractivity contribution in [3.05, 3.63) is 76.0 Å². The standard InChI is InChI=1S/C17H10N4O3/c18-10-11-6-7-13(15(9-11)21(23)24)17(22)20-14-5-1-3-12-4-2-8-19-16(12)14/h1-9H,(H,20,22). The van der Waals surface area contributed by atoms with Crippen molar-refractivity contribution in [3.8, 4) is 6.07 Å². The molecule has 0 atom stereocenters. The molecule has 1 amide bonds. The number of amides is 1. The fourth-order valence-corrected chi connectivity index (χ4v) is 2.34. The van der Waals surface area contributed by atoms with Crippen LogP contribution in [-0.2, 0) is 0 Å².